The Labute approximate surface area is 105 Å². The number of ether oxygens (including phenoxy) is 1. The number of carbonyl (C=O) groups is 1. The average molecular weight is 253 g/mol. The van der Waals surface area contributed by atoms with E-state index in [-0.39, 0.29) is 5.56 Å². The largest absolute Gasteiger partial charge is 0.496 e. The van der Waals surface area contributed by atoms with Crippen molar-refractivity contribution in [3.8, 4) is 5.75 Å². The van der Waals surface area contributed by atoms with E-state index in [1.807, 2.05) is 0 Å². The van der Waals surface area contributed by atoms with Gasteiger partial charge in [-0.1, -0.05) is 0 Å². The maximum absolute atomic E-state index is 14.3. The van der Waals surface area contributed by atoms with Gasteiger partial charge in [0.25, 0.3) is 0 Å². The van der Waals surface area contributed by atoms with E-state index in [4.69, 9.17) is 15.6 Å². The van der Waals surface area contributed by atoms with Gasteiger partial charge in [0.15, 0.2) is 0 Å². The van der Waals surface area contributed by atoms with Gasteiger partial charge in [0.05, 0.1) is 7.11 Å². The van der Waals surface area contributed by atoms with Crippen molar-refractivity contribution in [2.45, 2.75) is 31.7 Å². The van der Waals surface area contributed by atoms with E-state index in [2.05, 4.69) is 0 Å². The fraction of sp³-hybridized carbons (Fsp3) is 0.462. The van der Waals surface area contributed by atoms with Crippen LogP contribution in [0.25, 0.3) is 0 Å². The number of carboxylic acids is 1. The van der Waals surface area contributed by atoms with Crippen LogP contribution in [0.15, 0.2) is 6.07 Å². The summed E-state index contributed by atoms with van der Waals surface area (Å²) in [6, 6.07) is 0.0595. The minimum atomic E-state index is -1.36. The van der Waals surface area contributed by atoms with Crippen molar-refractivity contribution in [2.75, 3.05) is 7.11 Å². The second-order valence-corrected chi connectivity index (χ2v) is 4.46. The SMILES string of the molecule is COc1cc(C(N)C(=O)O)c(F)c2c1CCCC2. The van der Waals surface area contributed by atoms with Gasteiger partial charge in [-0.25, -0.2) is 4.39 Å². The molecule has 4 nitrogen and oxygen atoms in total. The van der Waals surface area contributed by atoms with Crippen LogP contribution in [-0.2, 0) is 17.6 Å². The van der Waals surface area contributed by atoms with Gasteiger partial charge in [0.2, 0.25) is 0 Å². The molecule has 0 spiro atoms. The molecular weight excluding hydrogens is 237 g/mol. The molecule has 0 fully saturated rings. The second-order valence-electron chi connectivity index (χ2n) is 4.46. The first-order valence-corrected chi connectivity index (χ1v) is 5.92. The average Bonchev–Trinajstić information content (AvgIpc) is 2.38. The molecule has 1 aliphatic carbocycles. The highest BCUT2D eigenvalue weighted by atomic mass is 19.1. The van der Waals surface area contributed by atoms with Gasteiger partial charge < -0.3 is 15.6 Å². The van der Waals surface area contributed by atoms with E-state index in [9.17, 15) is 9.18 Å². The summed E-state index contributed by atoms with van der Waals surface area (Å²) in [4.78, 5) is 10.9. The molecule has 1 aliphatic rings. The molecular formula is C13H16FNO3. The lowest BCUT2D eigenvalue weighted by Crippen LogP contribution is -2.23. The lowest BCUT2D eigenvalue weighted by atomic mass is 9.87. The van der Waals surface area contributed by atoms with Crippen LogP contribution in [-0.4, -0.2) is 18.2 Å². The molecule has 0 bridgehead atoms. The Morgan fingerprint density at radius 1 is 1.44 bits per heavy atom. The molecule has 0 aliphatic heterocycles. The number of hydrogen-bond acceptors (Lipinski definition) is 3. The molecule has 0 radical (unpaired) electrons. The summed E-state index contributed by atoms with van der Waals surface area (Å²) >= 11 is 0. The molecule has 0 saturated heterocycles. The van der Waals surface area contributed by atoms with Crippen molar-refractivity contribution in [1.82, 2.24) is 0 Å². The van der Waals surface area contributed by atoms with E-state index in [0.717, 1.165) is 24.8 Å². The first kappa shape index (κ1) is 12.8. The first-order valence-electron chi connectivity index (χ1n) is 5.92. The van der Waals surface area contributed by atoms with Gasteiger partial charge >= 0.3 is 5.97 Å². The molecule has 18 heavy (non-hydrogen) atoms. The predicted octanol–water partition coefficient (Wildman–Crippen LogP) is 1.80. The van der Waals surface area contributed by atoms with Crippen molar-refractivity contribution >= 4 is 5.97 Å². The normalized spacial score (nSPS) is 15.9. The molecule has 0 aromatic heterocycles. The number of carboxylic acid groups (broad SMARTS) is 1. The third-order valence-corrected chi connectivity index (χ3v) is 3.39. The van der Waals surface area contributed by atoms with Crippen LogP contribution in [0.3, 0.4) is 0 Å². The number of benzene rings is 1. The lowest BCUT2D eigenvalue weighted by molar-refractivity contribution is -0.138. The van der Waals surface area contributed by atoms with Crippen LogP contribution in [0.1, 0.15) is 35.6 Å². The predicted molar refractivity (Wildman–Crippen MR) is 64.2 cm³/mol. The van der Waals surface area contributed by atoms with Crippen molar-refractivity contribution in [1.29, 1.82) is 0 Å². The van der Waals surface area contributed by atoms with E-state index < -0.39 is 17.8 Å². The zero-order valence-electron chi connectivity index (χ0n) is 10.2. The number of methoxy groups -OCH3 is 1. The molecule has 0 amide bonds. The lowest BCUT2D eigenvalue weighted by Gasteiger charge is -2.22. The molecule has 1 unspecified atom stereocenters. The third kappa shape index (κ3) is 2.06. The Kier molecular flexibility index (Phi) is 3.52. The van der Waals surface area contributed by atoms with Crippen LogP contribution in [0.5, 0.6) is 5.75 Å². The van der Waals surface area contributed by atoms with Gasteiger partial charge in [0.1, 0.15) is 17.6 Å². The van der Waals surface area contributed by atoms with Gasteiger partial charge in [0, 0.05) is 11.1 Å². The number of halogens is 1. The molecule has 0 heterocycles. The maximum Gasteiger partial charge on any atom is 0.325 e. The van der Waals surface area contributed by atoms with Crippen molar-refractivity contribution in [3.63, 3.8) is 0 Å². The van der Waals surface area contributed by atoms with Gasteiger partial charge in [-0.2, -0.15) is 0 Å². The Balaban J connectivity index is 2.58. The number of fused-ring (bicyclic) bond motifs is 1. The number of rotatable bonds is 3. The Morgan fingerprint density at radius 3 is 2.61 bits per heavy atom. The van der Waals surface area contributed by atoms with Crippen LogP contribution < -0.4 is 10.5 Å². The van der Waals surface area contributed by atoms with Crippen molar-refractivity contribution < 1.29 is 19.0 Å². The first-order chi connectivity index (χ1) is 8.56. The Bertz CT molecular complexity index is 488. The van der Waals surface area contributed by atoms with E-state index >= 15 is 0 Å². The minimum Gasteiger partial charge on any atom is -0.496 e. The topological polar surface area (TPSA) is 72.5 Å². The van der Waals surface area contributed by atoms with Gasteiger partial charge in [-0.05, 0) is 37.3 Å². The summed E-state index contributed by atoms with van der Waals surface area (Å²) < 4.78 is 19.5. The quantitative estimate of drug-likeness (QED) is 0.861. The van der Waals surface area contributed by atoms with Crippen LogP contribution in [0.2, 0.25) is 0 Å². The highest BCUT2D eigenvalue weighted by Gasteiger charge is 2.26. The van der Waals surface area contributed by atoms with Crippen LogP contribution in [0, 0.1) is 5.82 Å². The Hall–Kier alpha value is -1.62. The molecule has 98 valence electrons. The molecule has 0 saturated carbocycles. The van der Waals surface area contributed by atoms with Crippen LogP contribution in [0.4, 0.5) is 4.39 Å². The zero-order valence-corrected chi connectivity index (χ0v) is 10.2. The van der Waals surface area contributed by atoms with Crippen molar-refractivity contribution in [2.24, 2.45) is 5.73 Å². The summed E-state index contributed by atoms with van der Waals surface area (Å²) in [5.41, 5.74) is 6.91. The van der Waals surface area contributed by atoms with E-state index in [1.165, 1.54) is 13.2 Å². The fourth-order valence-electron chi connectivity index (χ4n) is 2.43. The smallest absolute Gasteiger partial charge is 0.325 e. The molecule has 1 aromatic rings. The molecule has 3 N–H and O–H groups in total. The van der Waals surface area contributed by atoms with E-state index in [0.29, 0.717) is 17.7 Å². The summed E-state index contributed by atoms with van der Waals surface area (Å²) in [5, 5.41) is 8.90. The zero-order chi connectivity index (χ0) is 13.3. The van der Waals surface area contributed by atoms with E-state index in [1.54, 1.807) is 0 Å². The number of nitrogens with two attached hydrogens (primary N) is 1. The fourth-order valence-corrected chi connectivity index (χ4v) is 2.43. The van der Waals surface area contributed by atoms with Crippen molar-refractivity contribution in [3.05, 3.63) is 28.6 Å². The maximum atomic E-state index is 14.3. The van der Waals surface area contributed by atoms with Gasteiger partial charge in [-0.15, -0.1) is 0 Å². The number of aliphatic carboxylic acids is 1. The number of hydrogen-bond donors (Lipinski definition) is 2. The molecule has 5 heteroatoms. The molecule has 1 atom stereocenters. The minimum absolute atomic E-state index is 0. The second kappa shape index (κ2) is 4.94. The molecule has 1 aromatic carbocycles. The van der Waals surface area contributed by atoms with Crippen LogP contribution >= 0.6 is 0 Å². The highest BCUT2D eigenvalue weighted by molar-refractivity contribution is 5.76. The summed E-state index contributed by atoms with van der Waals surface area (Å²) in [6.07, 6.45) is 3.27. The standard InChI is InChI=1S/C13H16FNO3/c1-18-10-6-9(12(15)13(16)17)11(14)8-5-3-2-4-7(8)10/h6,12H,2-5,15H2,1H3,(H,16,17). The highest BCUT2D eigenvalue weighted by Crippen LogP contribution is 2.35. The summed E-state index contributed by atoms with van der Waals surface area (Å²) in [7, 11) is 1.50. The third-order valence-electron chi connectivity index (χ3n) is 3.39. The summed E-state index contributed by atoms with van der Waals surface area (Å²) in [6.45, 7) is 0. The monoisotopic (exact) mass is 253 g/mol. The summed E-state index contributed by atoms with van der Waals surface area (Å²) in [5.74, 6) is -1.19. The van der Waals surface area contributed by atoms with Gasteiger partial charge in [-0.3, -0.25) is 4.79 Å². The Morgan fingerprint density at radius 2 is 2.06 bits per heavy atom. The molecule has 2 rings (SSSR count).